The molecular formula is C23H28N4O4. The molecule has 0 saturated heterocycles. The van der Waals surface area contributed by atoms with Gasteiger partial charge in [-0.2, -0.15) is 5.10 Å². The van der Waals surface area contributed by atoms with Crippen molar-refractivity contribution in [2.45, 2.75) is 40.2 Å². The lowest BCUT2D eigenvalue weighted by molar-refractivity contribution is -0.139. The van der Waals surface area contributed by atoms with Crippen LogP contribution in [0.25, 0.3) is 0 Å². The number of anilines is 1. The monoisotopic (exact) mass is 424 g/mol. The van der Waals surface area contributed by atoms with Crippen LogP contribution in [0.5, 0.6) is 5.75 Å². The first-order chi connectivity index (χ1) is 14.8. The molecule has 8 heteroatoms. The van der Waals surface area contributed by atoms with Crippen LogP contribution < -0.4 is 20.8 Å². The Morgan fingerprint density at radius 1 is 1.06 bits per heavy atom. The zero-order valence-corrected chi connectivity index (χ0v) is 18.2. The Morgan fingerprint density at radius 2 is 1.77 bits per heavy atom. The van der Waals surface area contributed by atoms with Gasteiger partial charge in [-0.25, -0.2) is 5.43 Å². The number of hydrazone groups is 1. The third kappa shape index (κ3) is 7.93. The molecule has 164 valence electrons. The van der Waals surface area contributed by atoms with Gasteiger partial charge in [0.2, 0.25) is 0 Å². The van der Waals surface area contributed by atoms with Crippen molar-refractivity contribution in [2.24, 2.45) is 5.10 Å². The number of rotatable bonds is 8. The van der Waals surface area contributed by atoms with Gasteiger partial charge in [-0.1, -0.05) is 24.6 Å². The number of benzene rings is 2. The molecule has 0 aliphatic carbocycles. The average Bonchev–Trinajstić information content (AvgIpc) is 2.74. The van der Waals surface area contributed by atoms with Crippen LogP contribution in [0.3, 0.4) is 0 Å². The van der Waals surface area contributed by atoms with Crippen molar-refractivity contribution in [3.8, 4) is 5.75 Å². The molecule has 0 aliphatic heterocycles. The number of ether oxygens (including phenoxy) is 1. The highest BCUT2D eigenvalue weighted by molar-refractivity contribution is 6.35. The summed E-state index contributed by atoms with van der Waals surface area (Å²) in [6.45, 7) is 7.53. The maximum Gasteiger partial charge on any atom is 0.329 e. The van der Waals surface area contributed by atoms with Gasteiger partial charge >= 0.3 is 11.8 Å². The van der Waals surface area contributed by atoms with Crippen LogP contribution in [-0.2, 0) is 14.4 Å². The Balaban J connectivity index is 1.79. The van der Waals surface area contributed by atoms with E-state index >= 15 is 0 Å². The smallest absolute Gasteiger partial charge is 0.329 e. The van der Waals surface area contributed by atoms with Crippen LogP contribution in [-0.4, -0.2) is 36.6 Å². The summed E-state index contributed by atoms with van der Waals surface area (Å²) >= 11 is 0. The van der Waals surface area contributed by atoms with Gasteiger partial charge in [-0.3, -0.25) is 14.4 Å². The summed E-state index contributed by atoms with van der Waals surface area (Å²) < 4.78 is 5.50. The summed E-state index contributed by atoms with van der Waals surface area (Å²) in [6.07, 6.45) is 2.13. The molecule has 0 radical (unpaired) electrons. The first-order valence-electron chi connectivity index (χ1n) is 10.0. The first kappa shape index (κ1) is 23.6. The van der Waals surface area contributed by atoms with Crippen molar-refractivity contribution < 1.29 is 19.1 Å². The third-order valence-electron chi connectivity index (χ3n) is 4.48. The topological polar surface area (TPSA) is 109 Å². The molecule has 31 heavy (non-hydrogen) atoms. The van der Waals surface area contributed by atoms with Crippen LogP contribution in [0.1, 0.15) is 37.0 Å². The zero-order chi connectivity index (χ0) is 22.8. The van der Waals surface area contributed by atoms with Crippen LogP contribution >= 0.6 is 0 Å². The number of carbonyl (C=O) groups excluding carboxylic acids is 3. The van der Waals surface area contributed by atoms with Gasteiger partial charge in [0.25, 0.3) is 5.91 Å². The van der Waals surface area contributed by atoms with E-state index in [1.54, 1.807) is 24.3 Å². The molecule has 1 atom stereocenters. The van der Waals surface area contributed by atoms with Gasteiger partial charge in [-0.15, -0.1) is 0 Å². The van der Waals surface area contributed by atoms with Gasteiger partial charge in [0.15, 0.2) is 6.61 Å². The van der Waals surface area contributed by atoms with Crippen molar-refractivity contribution in [3.05, 3.63) is 59.2 Å². The minimum atomic E-state index is -0.827. The molecule has 2 aromatic rings. The fraction of sp³-hybridized carbons (Fsp3) is 0.304. The Hall–Kier alpha value is -3.68. The SMILES string of the molecule is CC[C@@H](C)NC(=O)C(=O)N/N=C\c1ccc(OCC(=O)Nc2ccc(C)cc2C)cc1. The van der Waals surface area contributed by atoms with Gasteiger partial charge < -0.3 is 15.4 Å². The molecule has 0 unspecified atom stereocenters. The number of nitrogens with zero attached hydrogens (tertiary/aromatic N) is 1. The van der Waals surface area contributed by atoms with E-state index in [0.717, 1.165) is 23.2 Å². The molecule has 2 aromatic carbocycles. The number of nitrogens with one attached hydrogen (secondary N) is 3. The van der Waals surface area contributed by atoms with E-state index in [1.807, 2.05) is 45.9 Å². The Bertz CT molecular complexity index is 955. The summed E-state index contributed by atoms with van der Waals surface area (Å²) in [7, 11) is 0. The second-order valence-electron chi connectivity index (χ2n) is 7.21. The van der Waals surface area contributed by atoms with Crippen molar-refractivity contribution in [3.63, 3.8) is 0 Å². The molecule has 0 aliphatic rings. The molecule has 2 rings (SSSR count). The van der Waals surface area contributed by atoms with E-state index in [9.17, 15) is 14.4 Å². The van der Waals surface area contributed by atoms with Crippen LogP contribution in [0.4, 0.5) is 5.69 Å². The van der Waals surface area contributed by atoms with Crippen molar-refractivity contribution in [1.29, 1.82) is 0 Å². The summed E-state index contributed by atoms with van der Waals surface area (Å²) in [4.78, 5) is 35.4. The number of aryl methyl sites for hydroxylation is 2. The molecule has 8 nitrogen and oxygen atoms in total. The quantitative estimate of drug-likeness (QED) is 0.344. The highest BCUT2D eigenvalue weighted by Crippen LogP contribution is 2.16. The molecule has 0 bridgehead atoms. The van der Waals surface area contributed by atoms with E-state index in [4.69, 9.17) is 4.74 Å². The van der Waals surface area contributed by atoms with Gasteiger partial charge in [-0.05, 0) is 68.7 Å². The Labute approximate surface area is 182 Å². The summed E-state index contributed by atoms with van der Waals surface area (Å²) in [5.41, 5.74) is 5.74. The first-order valence-corrected chi connectivity index (χ1v) is 10.0. The molecule has 0 aromatic heterocycles. The summed E-state index contributed by atoms with van der Waals surface area (Å²) in [5, 5.41) is 9.15. The lowest BCUT2D eigenvalue weighted by Crippen LogP contribution is -2.41. The number of hydrogen-bond acceptors (Lipinski definition) is 5. The van der Waals surface area contributed by atoms with E-state index in [1.165, 1.54) is 6.21 Å². The number of hydrogen-bond donors (Lipinski definition) is 3. The predicted molar refractivity (Wildman–Crippen MR) is 120 cm³/mol. The maximum atomic E-state index is 12.1. The number of amides is 3. The van der Waals surface area contributed by atoms with Crippen LogP contribution in [0.15, 0.2) is 47.6 Å². The third-order valence-corrected chi connectivity index (χ3v) is 4.48. The van der Waals surface area contributed by atoms with Crippen molar-refractivity contribution in [1.82, 2.24) is 10.7 Å². The molecule has 0 fully saturated rings. The lowest BCUT2D eigenvalue weighted by atomic mass is 10.1. The molecule has 3 amide bonds. The fourth-order valence-corrected chi connectivity index (χ4v) is 2.55. The van der Waals surface area contributed by atoms with Gasteiger partial charge in [0.1, 0.15) is 5.75 Å². The second-order valence-corrected chi connectivity index (χ2v) is 7.21. The van der Waals surface area contributed by atoms with Crippen LogP contribution in [0.2, 0.25) is 0 Å². The standard InChI is InChI=1S/C23H28N4O4/c1-5-17(4)25-22(29)23(30)27-24-13-18-7-9-19(10-8-18)31-14-21(28)26-20-11-6-15(2)12-16(20)3/h6-13,17H,5,14H2,1-4H3,(H,25,29)(H,26,28)(H,27,30)/b24-13-/t17-/m1/s1. The highest BCUT2D eigenvalue weighted by Gasteiger charge is 2.14. The average molecular weight is 425 g/mol. The molecule has 0 heterocycles. The van der Waals surface area contributed by atoms with E-state index in [2.05, 4.69) is 21.2 Å². The van der Waals surface area contributed by atoms with E-state index in [0.29, 0.717) is 11.3 Å². The minimum absolute atomic E-state index is 0.0854. The summed E-state index contributed by atoms with van der Waals surface area (Å²) in [5.74, 6) is -1.29. The Kier molecular flexibility index (Phi) is 8.75. The van der Waals surface area contributed by atoms with E-state index < -0.39 is 11.8 Å². The van der Waals surface area contributed by atoms with Crippen molar-refractivity contribution in [2.75, 3.05) is 11.9 Å². The number of carbonyl (C=O) groups is 3. The van der Waals surface area contributed by atoms with Gasteiger partial charge in [0, 0.05) is 11.7 Å². The maximum absolute atomic E-state index is 12.1. The normalized spacial score (nSPS) is 11.6. The highest BCUT2D eigenvalue weighted by atomic mass is 16.5. The Morgan fingerprint density at radius 3 is 2.42 bits per heavy atom. The molecule has 0 saturated carbocycles. The second kappa shape index (κ2) is 11.5. The van der Waals surface area contributed by atoms with Crippen molar-refractivity contribution >= 4 is 29.6 Å². The predicted octanol–water partition coefficient (Wildman–Crippen LogP) is 2.69. The zero-order valence-electron chi connectivity index (χ0n) is 18.2. The largest absolute Gasteiger partial charge is 0.484 e. The molecule has 3 N–H and O–H groups in total. The fourth-order valence-electron chi connectivity index (χ4n) is 2.55. The van der Waals surface area contributed by atoms with Gasteiger partial charge in [0.05, 0.1) is 6.21 Å². The molecule has 0 spiro atoms. The van der Waals surface area contributed by atoms with Crippen LogP contribution in [0, 0.1) is 13.8 Å². The van der Waals surface area contributed by atoms with E-state index in [-0.39, 0.29) is 18.6 Å². The molecular weight excluding hydrogens is 396 g/mol. The summed E-state index contributed by atoms with van der Waals surface area (Å²) in [6, 6.07) is 12.5. The minimum Gasteiger partial charge on any atom is -0.484 e. The lowest BCUT2D eigenvalue weighted by Gasteiger charge is -2.10.